The number of fused-ring (bicyclic) bond motifs is 1. The van der Waals surface area contributed by atoms with Gasteiger partial charge in [-0.3, -0.25) is 9.59 Å². The van der Waals surface area contributed by atoms with Crippen LogP contribution in [0.3, 0.4) is 0 Å². The fourth-order valence-corrected chi connectivity index (χ4v) is 4.97. The molecule has 0 aromatic heterocycles. The molecule has 2 amide bonds. The third kappa shape index (κ3) is 3.16. The van der Waals surface area contributed by atoms with E-state index in [1.54, 1.807) is 31.2 Å². The Morgan fingerprint density at radius 3 is 2.68 bits per heavy atom. The Balaban J connectivity index is 1.61. The first kappa shape index (κ1) is 17.9. The average molecular weight is 385 g/mol. The summed E-state index contributed by atoms with van der Waals surface area (Å²) in [6, 6.07) is 7.09. The largest absolute Gasteiger partial charge is 0.484 e. The standard InChI is InChI=1S/C16H17ClN2O5S/c1-16(8-17)12(15(22)23)19-13(21)11(14(19)25-16)18-10(20)7-24-9-5-3-2-4-6-9/h2-6,11-12,14H,7-8H2,1H3,(H,18,20)(H,22,23)/t11-,12+,14+,16+/m1/s1. The molecule has 2 aliphatic rings. The molecule has 3 rings (SSSR count). The number of hydrogen-bond acceptors (Lipinski definition) is 5. The number of rotatable bonds is 6. The number of alkyl halides is 1. The number of hydrogen-bond donors (Lipinski definition) is 2. The summed E-state index contributed by atoms with van der Waals surface area (Å²) in [4.78, 5) is 37.2. The van der Waals surface area contributed by atoms with Gasteiger partial charge >= 0.3 is 5.97 Å². The number of thioether (sulfide) groups is 1. The van der Waals surface area contributed by atoms with Crippen molar-refractivity contribution in [3.8, 4) is 5.75 Å². The van der Waals surface area contributed by atoms with Gasteiger partial charge in [0.2, 0.25) is 5.91 Å². The molecular weight excluding hydrogens is 368 g/mol. The van der Waals surface area contributed by atoms with Crippen molar-refractivity contribution in [2.45, 2.75) is 29.1 Å². The van der Waals surface area contributed by atoms with Crippen molar-refractivity contribution in [3.63, 3.8) is 0 Å². The summed E-state index contributed by atoms with van der Waals surface area (Å²) in [5.74, 6) is -1.30. The predicted molar refractivity (Wildman–Crippen MR) is 92.6 cm³/mol. The molecule has 25 heavy (non-hydrogen) atoms. The monoisotopic (exact) mass is 384 g/mol. The van der Waals surface area contributed by atoms with Crippen LogP contribution in [0, 0.1) is 0 Å². The van der Waals surface area contributed by atoms with E-state index in [1.807, 2.05) is 6.07 Å². The molecule has 2 aliphatic heterocycles. The van der Waals surface area contributed by atoms with Crippen molar-refractivity contribution < 1.29 is 24.2 Å². The normalized spacial score (nSPS) is 30.4. The molecule has 4 atom stereocenters. The zero-order valence-electron chi connectivity index (χ0n) is 13.3. The maximum atomic E-state index is 12.3. The lowest BCUT2D eigenvalue weighted by molar-refractivity contribution is -0.161. The molecular formula is C16H17ClN2O5S. The second-order valence-electron chi connectivity index (χ2n) is 6.09. The summed E-state index contributed by atoms with van der Waals surface area (Å²) in [5, 5.41) is 11.6. The van der Waals surface area contributed by atoms with Gasteiger partial charge in [0.25, 0.3) is 5.91 Å². The highest BCUT2D eigenvalue weighted by molar-refractivity contribution is 8.01. The van der Waals surface area contributed by atoms with Crippen molar-refractivity contribution >= 4 is 41.1 Å². The second-order valence-corrected chi connectivity index (χ2v) is 8.01. The number of halogens is 1. The number of carboxylic acid groups (broad SMARTS) is 1. The molecule has 2 heterocycles. The molecule has 0 saturated carbocycles. The van der Waals surface area contributed by atoms with E-state index < -0.39 is 40.0 Å². The van der Waals surface area contributed by atoms with Gasteiger partial charge in [-0.1, -0.05) is 18.2 Å². The molecule has 2 saturated heterocycles. The number of aliphatic carboxylic acids is 1. The number of carbonyl (C=O) groups excluding carboxylic acids is 2. The molecule has 0 aliphatic carbocycles. The van der Waals surface area contributed by atoms with E-state index in [1.165, 1.54) is 16.7 Å². The highest BCUT2D eigenvalue weighted by Gasteiger charge is 2.65. The summed E-state index contributed by atoms with van der Waals surface area (Å²) < 4.78 is 4.55. The van der Waals surface area contributed by atoms with Crippen molar-refractivity contribution in [1.82, 2.24) is 10.2 Å². The molecule has 2 fully saturated rings. The molecule has 0 bridgehead atoms. The van der Waals surface area contributed by atoms with Crippen LogP contribution in [0.5, 0.6) is 5.75 Å². The van der Waals surface area contributed by atoms with Gasteiger partial charge in [-0.2, -0.15) is 0 Å². The summed E-state index contributed by atoms with van der Waals surface area (Å²) in [7, 11) is 0. The first-order valence-electron chi connectivity index (χ1n) is 7.63. The molecule has 134 valence electrons. The first-order chi connectivity index (χ1) is 11.9. The van der Waals surface area contributed by atoms with E-state index in [2.05, 4.69) is 5.32 Å². The third-order valence-corrected chi connectivity index (χ3v) is 6.62. The highest BCUT2D eigenvalue weighted by Crippen LogP contribution is 2.51. The van der Waals surface area contributed by atoms with Crippen LogP contribution in [0.15, 0.2) is 30.3 Å². The Morgan fingerprint density at radius 1 is 1.40 bits per heavy atom. The minimum atomic E-state index is -1.09. The van der Waals surface area contributed by atoms with Crippen LogP contribution in [-0.2, 0) is 14.4 Å². The van der Waals surface area contributed by atoms with Gasteiger partial charge in [0.1, 0.15) is 23.2 Å². The number of carbonyl (C=O) groups is 3. The van der Waals surface area contributed by atoms with E-state index in [9.17, 15) is 19.5 Å². The Kier molecular flexibility index (Phi) is 4.83. The van der Waals surface area contributed by atoms with Gasteiger partial charge in [-0.25, -0.2) is 4.79 Å². The van der Waals surface area contributed by atoms with Crippen LogP contribution in [0.25, 0.3) is 0 Å². The zero-order valence-corrected chi connectivity index (χ0v) is 14.9. The lowest BCUT2D eigenvalue weighted by Crippen LogP contribution is -2.71. The maximum absolute atomic E-state index is 12.3. The van der Waals surface area contributed by atoms with Crippen LogP contribution in [0.1, 0.15) is 6.92 Å². The molecule has 7 nitrogen and oxygen atoms in total. The van der Waals surface area contributed by atoms with Crippen LogP contribution >= 0.6 is 23.4 Å². The van der Waals surface area contributed by atoms with Crippen LogP contribution < -0.4 is 10.1 Å². The van der Waals surface area contributed by atoms with Gasteiger partial charge in [0.15, 0.2) is 6.61 Å². The Labute approximate surface area is 153 Å². The number of para-hydroxylation sites is 1. The summed E-state index contributed by atoms with van der Waals surface area (Å²) >= 11 is 7.24. The highest BCUT2D eigenvalue weighted by atomic mass is 35.5. The number of amides is 2. The van der Waals surface area contributed by atoms with Gasteiger partial charge in [0, 0.05) is 5.88 Å². The van der Waals surface area contributed by atoms with E-state index in [-0.39, 0.29) is 12.5 Å². The van der Waals surface area contributed by atoms with Crippen LogP contribution in [0.4, 0.5) is 0 Å². The van der Waals surface area contributed by atoms with Crippen LogP contribution in [-0.4, -0.2) is 62.5 Å². The fraction of sp³-hybridized carbons (Fsp3) is 0.438. The third-order valence-electron chi connectivity index (χ3n) is 4.26. The van der Waals surface area contributed by atoms with Crippen LogP contribution in [0.2, 0.25) is 0 Å². The molecule has 2 N–H and O–H groups in total. The lowest BCUT2D eigenvalue weighted by Gasteiger charge is -2.43. The van der Waals surface area contributed by atoms with E-state index in [0.717, 1.165) is 0 Å². The molecule has 0 spiro atoms. The molecule has 1 aromatic carbocycles. The van der Waals surface area contributed by atoms with Crippen molar-refractivity contribution in [1.29, 1.82) is 0 Å². The molecule has 0 radical (unpaired) electrons. The lowest BCUT2D eigenvalue weighted by atomic mass is 9.96. The zero-order chi connectivity index (χ0) is 18.2. The van der Waals surface area contributed by atoms with E-state index in [4.69, 9.17) is 16.3 Å². The van der Waals surface area contributed by atoms with E-state index in [0.29, 0.717) is 5.75 Å². The number of ether oxygens (including phenoxy) is 1. The van der Waals surface area contributed by atoms with Gasteiger partial charge < -0.3 is 20.1 Å². The van der Waals surface area contributed by atoms with Crippen molar-refractivity contribution in [2.75, 3.05) is 12.5 Å². The topological polar surface area (TPSA) is 95.9 Å². The SMILES string of the molecule is C[C@@]1(CCl)S[C@H]2[C@H](NC(=O)COc3ccccc3)C(=O)N2[C@H]1C(=O)O. The molecule has 0 unspecified atom stereocenters. The number of carboxylic acids is 1. The number of benzene rings is 1. The average Bonchev–Trinajstić information content (AvgIpc) is 2.89. The van der Waals surface area contributed by atoms with Gasteiger partial charge in [-0.15, -0.1) is 23.4 Å². The van der Waals surface area contributed by atoms with Gasteiger partial charge in [-0.05, 0) is 19.1 Å². The maximum Gasteiger partial charge on any atom is 0.327 e. The number of nitrogens with zero attached hydrogens (tertiary/aromatic N) is 1. The van der Waals surface area contributed by atoms with Crippen molar-refractivity contribution in [3.05, 3.63) is 30.3 Å². The summed E-state index contributed by atoms with van der Waals surface area (Å²) in [6.45, 7) is 1.49. The summed E-state index contributed by atoms with van der Waals surface area (Å²) in [6.07, 6.45) is 0. The van der Waals surface area contributed by atoms with Crippen molar-refractivity contribution in [2.24, 2.45) is 0 Å². The minimum absolute atomic E-state index is 0.0900. The second kappa shape index (κ2) is 6.76. The smallest absolute Gasteiger partial charge is 0.327 e. The number of nitrogens with one attached hydrogen (secondary N) is 1. The molecule has 1 aromatic rings. The Bertz CT molecular complexity index is 703. The minimum Gasteiger partial charge on any atom is -0.484 e. The summed E-state index contributed by atoms with van der Waals surface area (Å²) in [5.41, 5.74) is 0. The Morgan fingerprint density at radius 2 is 2.08 bits per heavy atom. The number of β-lactam (4-membered cyclic amide) rings is 1. The van der Waals surface area contributed by atoms with Gasteiger partial charge in [0.05, 0.1) is 4.75 Å². The molecule has 9 heteroatoms. The predicted octanol–water partition coefficient (Wildman–Crippen LogP) is 0.916. The first-order valence-corrected chi connectivity index (χ1v) is 9.05. The quantitative estimate of drug-likeness (QED) is 0.559. The fourth-order valence-electron chi connectivity index (χ4n) is 3.02. The van der Waals surface area contributed by atoms with E-state index >= 15 is 0 Å². The Hall–Kier alpha value is -1.93.